The molecule has 0 aliphatic heterocycles. The molecule has 0 unspecified atom stereocenters. The summed E-state index contributed by atoms with van der Waals surface area (Å²) < 4.78 is 0. The zero-order valence-corrected chi connectivity index (χ0v) is 10.9. The summed E-state index contributed by atoms with van der Waals surface area (Å²) in [5.41, 5.74) is 2.86. The molecule has 0 bridgehead atoms. The standard InChI is InChI=1S/C19H18/c1-2-4-6-8-10-12-14-16-19-17-18(19)15-13-11-9-7-5-3-1/h1-16H,17H2. The molecule has 19 heavy (non-hydrogen) atoms. The maximum absolute atomic E-state index is 2.18. The van der Waals surface area contributed by atoms with Crippen molar-refractivity contribution < 1.29 is 0 Å². The lowest BCUT2D eigenvalue weighted by molar-refractivity contribution is 1.58. The molecule has 0 amide bonds. The first kappa shape index (κ1) is 13.1. The fourth-order valence-corrected chi connectivity index (χ4v) is 1.61. The molecule has 0 heteroatoms. The van der Waals surface area contributed by atoms with Crippen LogP contribution in [0.3, 0.4) is 0 Å². The summed E-state index contributed by atoms with van der Waals surface area (Å²) in [5.74, 6) is 0. The third-order valence-electron chi connectivity index (χ3n) is 2.71. The molecule has 0 heterocycles. The zero-order valence-electron chi connectivity index (χ0n) is 10.9. The van der Waals surface area contributed by atoms with Crippen LogP contribution in [0.2, 0.25) is 0 Å². The monoisotopic (exact) mass is 246 g/mol. The van der Waals surface area contributed by atoms with Crippen molar-refractivity contribution >= 4 is 0 Å². The molecule has 1 aromatic carbocycles. The van der Waals surface area contributed by atoms with Gasteiger partial charge in [-0.25, -0.2) is 0 Å². The fourth-order valence-electron chi connectivity index (χ4n) is 1.61. The third-order valence-corrected chi connectivity index (χ3v) is 2.71. The summed E-state index contributed by atoms with van der Waals surface area (Å²) in [6.45, 7) is 0. The minimum Gasteiger partial charge on any atom is -0.0623 e. The van der Waals surface area contributed by atoms with Crippen LogP contribution in [0.5, 0.6) is 0 Å². The summed E-state index contributed by atoms with van der Waals surface area (Å²) in [5, 5.41) is 0. The Morgan fingerprint density at radius 2 is 0.632 bits per heavy atom. The van der Waals surface area contributed by atoms with Crippen LogP contribution in [0, 0.1) is 0 Å². The number of hydrogen-bond donors (Lipinski definition) is 0. The summed E-state index contributed by atoms with van der Waals surface area (Å²) in [6.07, 6.45) is 1.12. The average Bonchev–Trinajstić information content (AvgIpc) is 3.16. The smallest absolute Gasteiger partial charge is 0.00201 e. The van der Waals surface area contributed by atoms with Gasteiger partial charge in [-0.05, 0) is 17.5 Å². The molecule has 0 nitrogen and oxygen atoms in total. The van der Waals surface area contributed by atoms with E-state index in [4.69, 9.17) is 0 Å². The second-order valence-electron chi connectivity index (χ2n) is 4.25. The van der Waals surface area contributed by atoms with Crippen molar-refractivity contribution in [3.63, 3.8) is 0 Å². The highest BCUT2D eigenvalue weighted by Gasteiger charge is 2.10. The first-order valence-electron chi connectivity index (χ1n) is 6.53. The van der Waals surface area contributed by atoms with E-state index in [-0.39, 0.29) is 0 Å². The molecule has 0 saturated heterocycles. The molecular formula is C19H18. The lowest BCUT2D eigenvalue weighted by atomic mass is 10.4. The molecule has 0 atom stereocenters. The van der Waals surface area contributed by atoms with E-state index in [9.17, 15) is 0 Å². The molecule has 0 fully saturated rings. The number of fused-ring (bicyclic) bond motifs is 1. The summed E-state index contributed by atoms with van der Waals surface area (Å²) in [7, 11) is 0. The van der Waals surface area contributed by atoms with E-state index >= 15 is 0 Å². The summed E-state index contributed by atoms with van der Waals surface area (Å²) in [4.78, 5) is 0. The normalized spacial score (nSPS) is 9.89. The molecule has 2 rings (SSSR count). The topological polar surface area (TPSA) is 0 Å². The van der Waals surface area contributed by atoms with Crippen molar-refractivity contribution in [2.24, 2.45) is 0 Å². The van der Waals surface area contributed by atoms with Gasteiger partial charge in [-0.15, -0.1) is 0 Å². The molecule has 1 aromatic rings. The van der Waals surface area contributed by atoms with E-state index in [0.717, 1.165) is 6.42 Å². The van der Waals surface area contributed by atoms with Gasteiger partial charge in [0.2, 0.25) is 0 Å². The highest BCUT2D eigenvalue weighted by Crippen LogP contribution is 2.23. The summed E-state index contributed by atoms with van der Waals surface area (Å²) in [6, 6.07) is 32.9. The molecule has 1 aliphatic carbocycles. The van der Waals surface area contributed by atoms with E-state index in [1.807, 2.05) is 60.7 Å². The van der Waals surface area contributed by atoms with Crippen LogP contribution < -0.4 is 0 Å². The predicted molar refractivity (Wildman–Crippen MR) is 82.1 cm³/mol. The first-order chi connectivity index (χ1) is 9.47. The van der Waals surface area contributed by atoms with Crippen molar-refractivity contribution in [1.82, 2.24) is 0 Å². The van der Waals surface area contributed by atoms with E-state index in [1.54, 1.807) is 0 Å². The van der Waals surface area contributed by atoms with Gasteiger partial charge >= 0.3 is 0 Å². The minimum absolute atomic E-state index is 1.12. The molecule has 94 valence electrons. The largest absolute Gasteiger partial charge is 0.0623 e. The molecular weight excluding hydrogens is 228 g/mol. The molecule has 0 N–H and O–H groups in total. The van der Waals surface area contributed by atoms with Crippen molar-refractivity contribution in [2.75, 3.05) is 0 Å². The van der Waals surface area contributed by atoms with Crippen molar-refractivity contribution in [2.45, 2.75) is 6.42 Å². The lowest BCUT2D eigenvalue weighted by Crippen LogP contribution is -1.48. The maximum atomic E-state index is 2.18. The van der Waals surface area contributed by atoms with Gasteiger partial charge in [0.05, 0.1) is 0 Å². The van der Waals surface area contributed by atoms with Crippen LogP contribution in [0.25, 0.3) is 0 Å². The maximum Gasteiger partial charge on any atom is -0.00201 e. The minimum atomic E-state index is 1.12. The SMILES string of the molecule is c1ccccccccc2c(ccccccc1)C2. The average molecular weight is 246 g/mol. The van der Waals surface area contributed by atoms with Gasteiger partial charge in [-0.2, -0.15) is 0 Å². The number of hydrogen-bond acceptors (Lipinski definition) is 0. The Labute approximate surface area is 115 Å². The Morgan fingerprint density at radius 3 is 0.947 bits per heavy atom. The fraction of sp³-hybridized carbons (Fsp3) is 0.0526. The van der Waals surface area contributed by atoms with Crippen LogP contribution in [0.4, 0.5) is 0 Å². The summed E-state index contributed by atoms with van der Waals surface area (Å²) >= 11 is 0. The van der Waals surface area contributed by atoms with Crippen LogP contribution in [-0.4, -0.2) is 0 Å². The first-order valence-corrected chi connectivity index (χ1v) is 6.53. The van der Waals surface area contributed by atoms with Crippen molar-refractivity contribution in [1.29, 1.82) is 0 Å². The Balaban J connectivity index is 2.30. The Morgan fingerprint density at radius 1 is 0.368 bits per heavy atom. The van der Waals surface area contributed by atoms with Crippen molar-refractivity contribution in [3.05, 3.63) is 108 Å². The van der Waals surface area contributed by atoms with Gasteiger partial charge in [-0.3, -0.25) is 0 Å². The van der Waals surface area contributed by atoms with Gasteiger partial charge in [0.25, 0.3) is 0 Å². The van der Waals surface area contributed by atoms with E-state index in [0.29, 0.717) is 0 Å². The van der Waals surface area contributed by atoms with Crippen molar-refractivity contribution in [3.8, 4) is 0 Å². The molecule has 0 radical (unpaired) electrons. The van der Waals surface area contributed by atoms with Crippen LogP contribution in [0.15, 0.2) is 97.1 Å². The second-order valence-corrected chi connectivity index (χ2v) is 4.25. The zero-order chi connectivity index (χ0) is 13.2. The van der Waals surface area contributed by atoms with E-state index < -0.39 is 0 Å². The highest BCUT2D eigenvalue weighted by molar-refractivity contribution is 5.42. The van der Waals surface area contributed by atoms with Crippen LogP contribution >= 0.6 is 0 Å². The van der Waals surface area contributed by atoms with Gasteiger partial charge in [0.15, 0.2) is 0 Å². The Kier molecular flexibility index (Phi) is 5.44. The van der Waals surface area contributed by atoms with Gasteiger partial charge in [0, 0.05) is 0 Å². The van der Waals surface area contributed by atoms with Crippen LogP contribution in [-0.2, 0) is 6.42 Å². The van der Waals surface area contributed by atoms with Gasteiger partial charge in [-0.1, -0.05) is 97.1 Å². The van der Waals surface area contributed by atoms with E-state index in [1.165, 1.54) is 11.1 Å². The number of rotatable bonds is 0. The molecule has 0 spiro atoms. The molecule has 0 saturated carbocycles. The molecule has 0 aromatic heterocycles. The Hall–Kier alpha value is -2.34. The lowest BCUT2D eigenvalue weighted by Gasteiger charge is -1.69. The third kappa shape index (κ3) is 5.69. The van der Waals surface area contributed by atoms with Gasteiger partial charge < -0.3 is 0 Å². The second kappa shape index (κ2) is 7.88. The highest BCUT2D eigenvalue weighted by atomic mass is 14.1. The molecule has 1 aliphatic rings. The van der Waals surface area contributed by atoms with E-state index in [2.05, 4.69) is 36.4 Å². The predicted octanol–water partition coefficient (Wildman–Crippen LogP) is 4.96. The quantitative estimate of drug-likeness (QED) is 0.616. The van der Waals surface area contributed by atoms with Gasteiger partial charge in [0.1, 0.15) is 0 Å². The Bertz CT molecular complexity index is 531. The van der Waals surface area contributed by atoms with Crippen LogP contribution in [0.1, 0.15) is 11.1 Å².